The summed E-state index contributed by atoms with van der Waals surface area (Å²) >= 11 is 12.0. The molecule has 6 nitrogen and oxygen atoms in total. The van der Waals surface area contributed by atoms with Gasteiger partial charge >= 0.3 is 5.97 Å². The highest BCUT2D eigenvalue weighted by Crippen LogP contribution is 2.31. The van der Waals surface area contributed by atoms with E-state index >= 15 is 0 Å². The SMILES string of the molecule is CC(NC(=O)c1cc(Cl)cnc1Oc1cc(F)ccc1Cl)c1ccc(C(=O)O)cc1. The molecule has 0 fully saturated rings. The molecule has 0 saturated heterocycles. The molecule has 1 atom stereocenters. The molecule has 3 aromatic rings. The van der Waals surface area contributed by atoms with E-state index in [0.29, 0.717) is 5.56 Å². The largest absolute Gasteiger partial charge is 0.478 e. The lowest BCUT2D eigenvalue weighted by atomic mass is 10.1. The van der Waals surface area contributed by atoms with Gasteiger partial charge in [0, 0.05) is 12.3 Å². The van der Waals surface area contributed by atoms with Gasteiger partial charge in [0.25, 0.3) is 5.91 Å². The van der Waals surface area contributed by atoms with Crippen LogP contribution in [0.3, 0.4) is 0 Å². The van der Waals surface area contributed by atoms with Crippen molar-refractivity contribution in [2.75, 3.05) is 0 Å². The third kappa shape index (κ3) is 5.06. The average Bonchev–Trinajstić information content (AvgIpc) is 2.71. The molecule has 0 saturated carbocycles. The second-order valence-electron chi connectivity index (χ2n) is 6.31. The molecular formula is C21H15Cl2FN2O4. The number of carboxylic acid groups (broad SMARTS) is 1. The van der Waals surface area contributed by atoms with Gasteiger partial charge in [0.1, 0.15) is 11.4 Å². The molecule has 9 heteroatoms. The number of amides is 1. The maximum atomic E-state index is 13.5. The first-order chi connectivity index (χ1) is 14.2. The van der Waals surface area contributed by atoms with Crippen molar-refractivity contribution >= 4 is 35.1 Å². The Morgan fingerprint density at radius 2 is 1.83 bits per heavy atom. The fraction of sp³-hybridized carbons (Fsp3) is 0.0952. The number of pyridine rings is 1. The van der Waals surface area contributed by atoms with Crippen LogP contribution in [0.1, 0.15) is 39.2 Å². The monoisotopic (exact) mass is 448 g/mol. The van der Waals surface area contributed by atoms with Crippen molar-refractivity contribution in [1.82, 2.24) is 10.3 Å². The molecular weight excluding hydrogens is 434 g/mol. The number of hydrogen-bond donors (Lipinski definition) is 2. The number of carboxylic acids is 1. The molecule has 0 spiro atoms. The Bertz CT molecular complexity index is 1110. The van der Waals surface area contributed by atoms with Crippen molar-refractivity contribution in [3.8, 4) is 11.6 Å². The summed E-state index contributed by atoms with van der Waals surface area (Å²) in [4.78, 5) is 27.8. The van der Waals surface area contributed by atoms with Crippen LogP contribution in [-0.4, -0.2) is 22.0 Å². The van der Waals surface area contributed by atoms with Gasteiger partial charge in [-0.25, -0.2) is 14.2 Å². The molecule has 30 heavy (non-hydrogen) atoms. The Kier molecular flexibility index (Phi) is 6.54. The number of rotatable bonds is 6. The third-order valence-electron chi connectivity index (χ3n) is 4.17. The van der Waals surface area contributed by atoms with Crippen LogP contribution in [-0.2, 0) is 0 Å². The van der Waals surface area contributed by atoms with E-state index in [1.807, 2.05) is 0 Å². The molecule has 3 rings (SSSR count). The lowest BCUT2D eigenvalue weighted by molar-refractivity contribution is 0.0696. The maximum absolute atomic E-state index is 13.5. The number of aromatic carboxylic acids is 1. The molecule has 0 aliphatic carbocycles. The Morgan fingerprint density at radius 3 is 2.50 bits per heavy atom. The maximum Gasteiger partial charge on any atom is 0.335 e. The fourth-order valence-electron chi connectivity index (χ4n) is 2.60. The lowest BCUT2D eigenvalue weighted by Gasteiger charge is -2.16. The Balaban J connectivity index is 1.83. The molecule has 2 N–H and O–H groups in total. The van der Waals surface area contributed by atoms with Gasteiger partial charge in [0.2, 0.25) is 5.88 Å². The first kappa shape index (κ1) is 21.5. The third-order valence-corrected chi connectivity index (χ3v) is 4.69. The average molecular weight is 449 g/mol. The zero-order chi connectivity index (χ0) is 21.8. The van der Waals surface area contributed by atoms with Gasteiger partial charge in [-0.15, -0.1) is 0 Å². The van der Waals surface area contributed by atoms with Crippen molar-refractivity contribution < 1.29 is 23.8 Å². The molecule has 2 aromatic carbocycles. The summed E-state index contributed by atoms with van der Waals surface area (Å²) in [6, 6.07) is 10.6. The zero-order valence-corrected chi connectivity index (χ0v) is 17.0. The summed E-state index contributed by atoms with van der Waals surface area (Å²) in [5, 5.41) is 12.1. The number of ether oxygens (including phenoxy) is 1. The predicted octanol–water partition coefficient (Wildman–Crippen LogP) is 5.51. The van der Waals surface area contributed by atoms with E-state index in [2.05, 4.69) is 10.3 Å². The molecule has 0 bridgehead atoms. The van der Waals surface area contributed by atoms with E-state index in [9.17, 15) is 14.0 Å². The fourth-order valence-corrected chi connectivity index (χ4v) is 2.92. The van der Waals surface area contributed by atoms with E-state index in [0.717, 1.165) is 6.07 Å². The lowest BCUT2D eigenvalue weighted by Crippen LogP contribution is -2.27. The number of benzene rings is 2. The van der Waals surface area contributed by atoms with Crippen molar-refractivity contribution in [3.63, 3.8) is 0 Å². The van der Waals surface area contributed by atoms with Gasteiger partial charge in [0.05, 0.1) is 21.7 Å². The van der Waals surface area contributed by atoms with Crippen molar-refractivity contribution in [1.29, 1.82) is 0 Å². The van der Waals surface area contributed by atoms with Crippen molar-refractivity contribution in [2.45, 2.75) is 13.0 Å². The zero-order valence-electron chi connectivity index (χ0n) is 15.5. The van der Waals surface area contributed by atoms with E-state index in [-0.39, 0.29) is 32.8 Å². The quantitative estimate of drug-likeness (QED) is 0.518. The van der Waals surface area contributed by atoms with Crippen molar-refractivity contribution in [2.24, 2.45) is 0 Å². The van der Waals surface area contributed by atoms with Gasteiger partial charge in [-0.1, -0.05) is 35.3 Å². The highest BCUT2D eigenvalue weighted by atomic mass is 35.5. The number of hydrogen-bond acceptors (Lipinski definition) is 4. The second kappa shape index (κ2) is 9.11. The smallest absolute Gasteiger partial charge is 0.335 e. The molecule has 1 amide bonds. The summed E-state index contributed by atoms with van der Waals surface area (Å²) in [7, 11) is 0. The van der Waals surface area contributed by atoms with E-state index < -0.39 is 23.7 Å². The minimum atomic E-state index is -1.04. The van der Waals surface area contributed by atoms with E-state index in [1.165, 1.54) is 36.5 Å². The molecule has 0 aliphatic heterocycles. The van der Waals surface area contributed by atoms with Crippen LogP contribution in [0.25, 0.3) is 0 Å². The first-order valence-corrected chi connectivity index (χ1v) is 9.42. The van der Waals surface area contributed by atoms with Gasteiger partial charge in [-0.05, 0) is 42.8 Å². The highest BCUT2D eigenvalue weighted by molar-refractivity contribution is 6.32. The van der Waals surface area contributed by atoms with Gasteiger partial charge < -0.3 is 15.2 Å². The normalized spacial score (nSPS) is 11.6. The van der Waals surface area contributed by atoms with Crippen LogP contribution in [0.15, 0.2) is 54.7 Å². The number of nitrogens with one attached hydrogen (secondary N) is 1. The molecule has 0 radical (unpaired) electrons. The van der Waals surface area contributed by atoms with E-state index in [1.54, 1.807) is 19.1 Å². The molecule has 0 aliphatic rings. The van der Waals surface area contributed by atoms with Crippen LogP contribution >= 0.6 is 23.2 Å². The molecule has 1 aromatic heterocycles. The Morgan fingerprint density at radius 1 is 1.13 bits per heavy atom. The summed E-state index contributed by atoms with van der Waals surface area (Å²) in [5.74, 6) is -2.24. The number of nitrogens with zero attached hydrogens (tertiary/aromatic N) is 1. The van der Waals surface area contributed by atoms with Crippen LogP contribution in [0, 0.1) is 5.82 Å². The van der Waals surface area contributed by atoms with Crippen LogP contribution in [0.5, 0.6) is 11.6 Å². The summed E-state index contributed by atoms with van der Waals surface area (Å²) in [5.41, 5.74) is 0.856. The summed E-state index contributed by atoms with van der Waals surface area (Å²) in [6.45, 7) is 1.73. The molecule has 1 unspecified atom stereocenters. The number of carbonyl (C=O) groups excluding carboxylic acids is 1. The van der Waals surface area contributed by atoms with Gasteiger partial charge in [0.15, 0.2) is 5.75 Å². The van der Waals surface area contributed by atoms with Crippen LogP contribution in [0.2, 0.25) is 10.0 Å². The first-order valence-electron chi connectivity index (χ1n) is 8.67. The highest BCUT2D eigenvalue weighted by Gasteiger charge is 2.19. The number of aromatic nitrogens is 1. The standard InChI is InChI=1S/C21H15Cl2FN2O4/c1-11(12-2-4-13(5-3-12)21(28)29)26-19(27)16-8-14(22)10-25-20(16)30-18-9-15(24)6-7-17(18)23/h2-11H,1H3,(H,26,27)(H,28,29). The number of carbonyl (C=O) groups is 2. The van der Waals surface area contributed by atoms with Crippen molar-refractivity contribution in [3.05, 3.63) is 87.3 Å². The Hall–Kier alpha value is -3.16. The summed E-state index contributed by atoms with van der Waals surface area (Å²) in [6.07, 6.45) is 1.29. The van der Waals surface area contributed by atoms with E-state index in [4.69, 9.17) is 33.0 Å². The predicted molar refractivity (Wildman–Crippen MR) is 110 cm³/mol. The molecule has 154 valence electrons. The van der Waals surface area contributed by atoms with Gasteiger partial charge in [-0.3, -0.25) is 4.79 Å². The minimum absolute atomic E-state index is 0.00199. The Labute approximate surface area is 181 Å². The second-order valence-corrected chi connectivity index (χ2v) is 7.15. The topological polar surface area (TPSA) is 88.5 Å². The van der Waals surface area contributed by atoms with Gasteiger partial charge in [-0.2, -0.15) is 0 Å². The summed E-state index contributed by atoms with van der Waals surface area (Å²) < 4.78 is 19.1. The van der Waals surface area contributed by atoms with Crippen LogP contribution in [0.4, 0.5) is 4.39 Å². The molecule has 1 heterocycles. The number of halogens is 3. The van der Waals surface area contributed by atoms with Crippen LogP contribution < -0.4 is 10.1 Å². The minimum Gasteiger partial charge on any atom is -0.478 e.